The SMILES string of the molecule is CO.NS(=O)(=O)c1ccccc1-c1ccccc1-c1cccc(F)c1. The summed E-state index contributed by atoms with van der Waals surface area (Å²) < 4.78 is 37.2. The molecule has 0 saturated carbocycles. The molecule has 25 heavy (non-hydrogen) atoms. The first-order chi connectivity index (χ1) is 12.0. The molecule has 0 amide bonds. The third-order valence-electron chi connectivity index (χ3n) is 3.55. The lowest BCUT2D eigenvalue weighted by atomic mass is 9.94. The minimum absolute atomic E-state index is 0.0452. The molecule has 4 nitrogen and oxygen atoms in total. The number of primary sulfonamides is 1. The number of aliphatic hydroxyl groups excluding tert-OH is 1. The lowest BCUT2D eigenvalue weighted by molar-refractivity contribution is 0.399. The van der Waals surface area contributed by atoms with E-state index in [4.69, 9.17) is 10.2 Å². The van der Waals surface area contributed by atoms with Crippen LogP contribution in [-0.4, -0.2) is 20.6 Å². The first-order valence-electron chi connectivity index (χ1n) is 7.39. The zero-order valence-corrected chi connectivity index (χ0v) is 14.4. The van der Waals surface area contributed by atoms with Crippen molar-refractivity contribution in [3.05, 3.63) is 78.6 Å². The molecule has 3 N–H and O–H groups in total. The van der Waals surface area contributed by atoms with Crippen LogP contribution in [0.4, 0.5) is 4.39 Å². The van der Waals surface area contributed by atoms with Gasteiger partial charge in [-0.15, -0.1) is 0 Å². The van der Waals surface area contributed by atoms with Crippen LogP contribution in [0.15, 0.2) is 77.7 Å². The largest absolute Gasteiger partial charge is 0.400 e. The molecule has 0 radical (unpaired) electrons. The van der Waals surface area contributed by atoms with E-state index in [2.05, 4.69) is 0 Å². The van der Waals surface area contributed by atoms with E-state index in [0.29, 0.717) is 16.7 Å². The molecule has 0 spiro atoms. The van der Waals surface area contributed by atoms with Gasteiger partial charge < -0.3 is 5.11 Å². The molecule has 0 aliphatic rings. The number of nitrogens with two attached hydrogens (primary N) is 1. The minimum Gasteiger partial charge on any atom is -0.400 e. The minimum atomic E-state index is -3.86. The van der Waals surface area contributed by atoms with Crippen molar-refractivity contribution in [1.82, 2.24) is 0 Å². The first kappa shape index (κ1) is 18.8. The van der Waals surface area contributed by atoms with Gasteiger partial charge >= 0.3 is 0 Å². The molecule has 0 unspecified atom stereocenters. The summed E-state index contributed by atoms with van der Waals surface area (Å²) in [4.78, 5) is 0.0452. The van der Waals surface area contributed by atoms with Gasteiger partial charge in [0.25, 0.3) is 0 Å². The van der Waals surface area contributed by atoms with Crippen LogP contribution in [0.5, 0.6) is 0 Å². The van der Waals surface area contributed by atoms with Crippen molar-refractivity contribution in [3.63, 3.8) is 0 Å². The molecule has 0 heterocycles. The molecular weight excluding hydrogens is 341 g/mol. The monoisotopic (exact) mass is 359 g/mol. The van der Waals surface area contributed by atoms with Crippen LogP contribution in [0.3, 0.4) is 0 Å². The molecule has 3 aromatic carbocycles. The van der Waals surface area contributed by atoms with Crippen molar-refractivity contribution >= 4 is 10.0 Å². The molecule has 0 aliphatic heterocycles. The Hall–Kier alpha value is -2.54. The van der Waals surface area contributed by atoms with E-state index in [1.54, 1.807) is 42.5 Å². The van der Waals surface area contributed by atoms with Gasteiger partial charge in [-0.1, -0.05) is 54.6 Å². The number of rotatable bonds is 3. The van der Waals surface area contributed by atoms with Gasteiger partial charge in [-0.25, -0.2) is 17.9 Å². The molecule has 0 fully saturated rings. The normalized spacial score (nSPS) is 10.7. The second-order valence-electron chi connectivity index (χ2n) is 5.10. The maximum absolute atomic E-state index is 13.5. The quantitative estimate of drug-likeness (QED) is 0.752. The number of hydrogen-bond donors (Lipinski definition) is 2. The molecule has 0 saturated heterocycles. The lowest BCUT2D eigenvalue weighted by Gasteiger charge is -2.13. The van der Waals surface area contributed by atoms with Crippen LogP contribution in [-0.2, 0) is 10.0 Å². The van der Waals surface area contributed by atoms with Gasteiger partial charge in [0.05, 0.1) is 4.90 Å². The zero-order valence-electron chi connectivity index (χ0n) is 13.6. The van der Waals surface area contributed by atoms with Crippen LogP contribution < -0.4 is 5.14 Å². The number of hydrogen-bond acceptors (Lipinski definition) is 3. The summed E-state index contributed by atoms with van der Waals surface area (Å²) in [5.41, 5.74) is 2.59. The fraction of sp³-hybridized carbons (Fsp3) is 0.0526. The van der Waals surface area contributed by atoms with Crippen LogP contribution in [0.1, 0.15) is 0 Å². The number of benzene rings is 3. The molecule has 6 heteroatoms. The molecule has 0 aliphatic carbocycles. The summed E-state index contributed by atoms with van der Waals surface area (Å²) in [5.74, 6) is -0.350. The maximum atomic E-state index is 13.5. The Morgan fingerprint density at radius 2 is 1.36 bits per heavy atom. The van der Waals surface area contributed by atoms with Gasteiger partial charge in [0, 0.05) is 12.7 Å². The van der Waals surface area contributed by atoms with E-state index in [1.807, 2.05) is 12.1 Å². The smallest absolute Gasteiger partial charge is 0.238 e. The lowest BCUT2D eigenvalue weighted by Crippen LogP contribution is -2.13. The van der Waals surface area contributed by atoms with Gasteiger partial charge in [0.1, 0.15) is 5.82 Å². The first-order valence-corrected chi connectivity index (χ1v) is 8.93. The predicted molar refractivity (Wildman–Crippen MR) is 96.8 cm³/mol. The van der Waals surface area contributed by atoms with Crippen molar-refractivity contribution in [3.8, 4) is 22.3 Å². The standard InChI is InChI=1S/C18H14FNO2S.CH4O/c19-14-7-5-6-13(12-14)15-8-1-2-9-16(15)17-10-3-4-11-18(17)23(20,21)22;1-2/h1-12H,(H2,20,21,22);2H,1H3. The summed E-state index contributed by atoms with van der Waals surface area (Å²) in [6, 6.07) is 19.9. The highest BCUT2D eigenvalue weighted by molar-refractivity contribution is 7.89. The Labute approximate surface area is 146 Å². The van der Waals surface area contributed by atoms with Gasteiger partial charge in [0.2, 0.25) is 10.0 Å². The van der Waals surface area contributed by atoms with Crippen LogP contribution in [0, 0.1) is 5.82 Å². The van der Waals surface area contributed by atoms with Crippen LogP contribution in [0.2, 0.25) is 0 Å². The van der Waals surface area contributed by atoms with Gasteiger partial charge in [0.15, 0.2) is 0 Å². The van der Waals surface area contributed by atoms with E-state index in [-0.39, 0.29) is 10.7 Å². The van der Waals surface area contributed by atoms with E-state index in [1.165, 1.54) is 18.2 Å². The van der Waals surface area contributed by atoms with Crippen molar-refractivity contribution in [2.24, 2.45) is 5.14 Å². The third-order valence-corrected chi connectivity index (χ3v) is 4.52. The molecule has 130 valence electrons. The van der Waals surface area contributed by atoms with Crippen molar-refractivity contribution in [2.45, 2.75) is 4.90 Å². The van der Waals surface area contributed by atoms with Crippen molar-refractivity contribution in [1.29, 1.82) is 0 Å². The van der Waals surface area contributed by atoms with Gasteiger partial charge in [-0.2, -0.15) is 0 Å². The summed E-state index contributed by atoms with van der Waals surface area (Å²) in [6.45, 7) is 0. The molecular formula is C19H18FNO3S. The Balaban J connectivity index is 0.00000109. The van der Waals surface area contributed by atoms with E-state index in [9.17, 15) is 12.8 Å². The number of sulfonamides is 1. The molecule has 3 aromatic rings. The highest BCUT2D eigenvalue weighted by Crippen LogP contribution is 2.35. The van der Waals surface area contributed by atoms with E-state index >= 15 is 0 Å². The summed E-state index contributed by atoms with van der Waals surface area (Å²) in [7, 11) is -2.86. The van der Waals surface area contributed by atoms with Gasteiger partial charge in [-0.3, -0.25) is 0 Å². The number of aliphatic hydroxyl groups is 1. The highest BCUT2D eigenvalue weighted by atomic mass is 32.2. The maximum Gasteiger partial charge on any atom is 0.238 e. The fourth-order valence-corrected chi connectivity index (χ4v) is 3.32. The highest BCUT2D eigenvalue weighted by Gasteiger charge is 2.17. The average molecular weight is 359 g/mol. The molecule has 0 bridgehead atoms. The zero-order chi connectivity index (χ0) is 18.4. The van der Waals surface area contributed by atoms with Crippen LogP contribution >= 0.6 is 0 Å². The Morgan fingerprint density at radius 1 is 0.800 bits per heavy atom. The molecule has 0 aromatic heterocycles. The van der Waals surface area contributed by atoms with E-state index < -0.39 is 10.0 Å². The second kappa shape index (κ2) is 8.02. The Kier molecular flexibility index (Phi) is 6.03. The number of halogens is 1. The van der Waals surface area contributed by atoms with Crippen LogP contribution in [0.25, 0.3) is 22.3 Å². The molecule has 0 atom stereocenters. The molecule has 3 rings (SSSR count). The van der Waals surface area contributed by atoms with Crippen molar-refractivity contribution < 1.29 is 17.9 Å². The predicted octanol–water partition coefficient (Wildman–Crippen LogP) is 3.42. The fourth-order valence-electron chi connectivity index (χ4n) is 2.56. The van der Waals surface area contributed by atoms with E-state index in [0.717, 1.165) is 12.7 Å². The third kappa shape index (κ3) is 4.30. The Morgan fingerprint density at radius 3 is 1.96 bits per heavy atom. The average Bonchev–Trinajstić information content (AvgIpc) is 2.63. The Bertz CT molecular complexity index is 972. The second-order valence-corrected chi connectivity index (χ2v) is 6.63. The summed E-state index contributed by atoms with van der Waals surface area (Å²) in [6.07, 6.45) is 0. The van der Waals surface area contributed by atoms with Crippen molar-refractivity contribution in [2.75, 3.05) is 7.11 Å². The van der Waals surface area contributed by atoms with Gasteiger partial charge in [-0.05, 0) is 34.9 Å². The summed E-state index contributed by atoms with van der Waals surface area (Å²) >= 11 is 0. The summed E-state index contributed by atoms with van der Waals surface area (Å²) in [5, 5.41) is 12.3. The topological polar surface area (TPSA) is 80.4 Å².